The van der Waals surface area contributed by atoms with Crippen molar-refractivity contribution in [1.29, 1.82) is 0 Å². The van der Waals surface area contributed by atoms with Crippen LogP contribution in [-0.4, -0.2) is 26.0 Å². The molecule has 0 aromatic heterocycles. The molecular weight excluding hydrogens is 411 g/mol. The van der Waals surface area contributed by atoms with E-state index in [1.165, 1.54) is 12.1 Å². The Kier molecular flexibility index (Phi) is 6.07. The molecule has 0 aliphatic carbocycles. The second-order valence-corrected chi connectivity index (χ2v) is 7.46. The van der Waals surface area contributed by atoms with E-state index in [0.717, 1.165) is 5.56 Å². The van der Waals surface area contributed by atoms with Gasteiger partial charge in [0.05, 0.1) is 31.9 Å². The number of para-hydroxylation sites is 1. The van der Waals surface area contributed by atoms with Crippen molar-refractivity contribution in [2.75, 3.05) is 24.4 Å². The van der Waals surface area contributed by atoms with E-state index in [1.54, 1.807) is 67.7 Å². The molecule has 2 amide bonds. The number of nitrogens with one attached hydrogen (secondary N) is 1. The highest BCUT2D eigenvalue weighted by atomic mass is 19.1. The molecule has 3 aromatic rings. The molecule has 1 aliphatic heterocycles. The number of carbonyl (C=O) groups is 2. The van der Waals surface area contributed by atoms with Gasteiger partial charge >= 0.3 is 0 Å². The number of halogens is 1. The average Bonchev–Trinajstić information content (AvgIpc) is 3.17. The number of carbonyl (C=O) groups excluding carboxylic acids is 2. The van der Waals surface area contributed by atoms with E-state index in [9.17, 15) is 14.0 Å². The van der Waals surface area contributed by atoms with Crippen molar-refractivity contribution in [2.24, 2.45) is 5.92 Å². The van der Waals surface area contributed by atoms with E-state index in [-0.39, 0.29) is 18.0 Å². The molecule has 32 heavy (non-hydrogen) atoms. The molecule has 1 aliphatic rings. The molecule has 3 aromatic carbocycles. The molecule has 0 saturated carbocycles. The van der Waals surface area contributed by atoms with E-state index in [0.29, 0.717) is 17.2 Å². The molecule has 1 saturated heterocycles. The summed E-state index contributed by atoms with van der Waals surface area (Å²) in [7, 11) is 3.14. The number of benzene rings is 3. The second kappa shape index (κ2) is 9.09. The van der Waals surface area contributed by atoms with Crippen LogP contribution in [0.3, 0.4) is 0 Å². The van der Waals surface area contributed by atoms with E-state index in [2.05, 4.69) is 5.32 Å². The normalized spacial score (nSPS) is 17.8. The maximum Gasteiger partial charge on any atom is 0.230 e. The van der Waals surface area contributed by atoms with Crippen LogP contribution >= 0.6 is 0 Å². The summed E-state index contributed by atoms with van der Waals surface area (Å²) >= 11 is 0. The van der Waals surface area contributed by atoms with Crippen molar-refractivity contribution in [2.45, 2.75) is 12.5 Å². The van der Waals surface area contributed by atoms with Gasteiger partial charge in [0.2, 0.25) is 11.8 Å². The summed E-state index contributed by atoms with van der Waals surface area (Å²) in [4.78, 5) is 27.9. The van der Waals surface area contributed by atoms with Crippen LogP contribution in [0.15, 0.2) is 72.8 Å². The highest BCUT2D eigenvalue weighted by Gasteiger charge is 2.45. The largest absolute Gasteiger partial charge is 0.497 e. The van der Waals surface area contributed by atoms with E-state index in [4.69, 9.17) is 9.47 Å². The molecular formula is C25H23FN2O4. The van der Waals surface area contributed by atoms with Crippen LogP contribution in [0.25, 0.3) is 0 Å². The smallest absolute Gasteiger partial charge is 0.230 e. The fourth-order valence-electron chi connectivity index (χ4n) is 3.99. The summed E-state index contributed by atoms with van der Waals surface area (Å²) in [6.07, 6.45) is 0.00299. The number of nitrogens with zero attached hydrogens (tertiary/aromatic N) is 1. The fraction of sp³-hybridized carbons (Fsp3) is 0.200. The lowest BCUT2D eigenvalue weighted by Crippen LogP contribution is -2.32. The van der Waals surface area contributed by atoms with Gasteiger partial charge in [0.25, 0.3) is 0 Å². The lowest BCUT2D eigenvalue weighted by molar-refractivity contribution is -0.122. The summed E-state index contributed by atoms with van der Waals surface area (Å²) in [5, 5.41) is 2.65. The molecule has 0 bridgehead atoms. The predicted molar refractivity (Wildman–Crippen MR) is 119 cm³/mol. The molecule has 0 spiro atoms. The number of rotatable bonds is 6. The van der Waals surface area contributed by atoms with Crippen molar-refractivity contribution >= 4 is 23.2 Å². The van der Waals surface area contributed by atoms with Crippen LogP contribution in [0.4, 0.5) is 15.8 Å². The van der Waals surface area contributed by atoms with Gasteiger partial charge in [-0.1, -0.05) is 24.3 Å². The fourth-order valence-corrected chi connectivity index (χ4v) is 3.99. The van der Waals surface area contributed by atoms with Crippen molar-refractivity contribution in [3.8, 4) is 11.5 Å². The third-order valence-corrected chi connectivity index (χ3v) is 5.60. The SMILES string of the molecule is COc1ccc([C@H]2[C@H](C(=O)Nc3ccccc3F)CC(=O)N2c2ccc(OC)cc2)cc1. The first kappa shape index (κ1) is 21.4. The third kappa shape index (κ3) is 4.14. The van der Waals surface area contributed by atoms with Crippen LogP contribution in [0.5, 0.6) is 11.5 Å². The zero-order valence-corrected chi connectivity index (χ0v) is 17.7. The Labute approximate surface area is 185 Å². The van der Waals surface area contributed by atoms with Gasteiger partial charge in [-0.2, -0.15) is 0 Å². The monoisotopic (exact) mass is 434 g/mol. The van der Waals surface area contributed by atoms with Gasteiger partial charge in [-0.25, -0.2) is 4.39 Å². The molecule has 6 nitrogen and oxygen atoms in total. The highest BCUT2D eigenvalue weighted by Crippen LogP contribution is 2.42. The molecule has 1 heterocycles. The van der Waals surface area contributed by atoms with Crippen molar-refractivity contribution in [3.05, 3.63) is 84.2 Å². The number of amides is 2. The van der Waals surface area contributed by atoms with E-state index >= 15 is 0 Å². The Balaban J connectivity index is 1.71. The number of methoxy groups -OCH3 is 2. The summed E-state index contributed by atoms with van der Waals surface area (Å²) in [5.41, 5.74) is 1.51. The number of hydrogen-bond acceptors (Lipinski definition) is 4. The van der Waals surface area contributed by atoms with Gasteiger partial charge in [0.1, 0.15) is 17.3 Å². The summed E-state index contributed by atoms with van der Waals surface area (Å²) < 4.78 is 24.6. The van der Waals surface area contributed by atoms with Crippen molar-refractivity contribution < 1.29 is 23.5 Å². The number of ether oxygens (including phenoxy) is 2. The molecule has 0 unspecified atom stereocenters. The molecule has 1 N–H and O–H groups in total. The number of hydrogen-bond donors (Lipinski definition) is 1. The average molecular weight is 434 g/mol. The van der Waals surface area contributed by atoms with Gasteiger partial charge < -0.3 is 19.7 Å². The van der Waals surface area contributed by atoms with Crippen molar-refractivity contribution in [3.63, 3.8) is 0 Å². The standard InChI is InChI=1S/C25H23FN2O4/c1-31-18-11-7-16(8-12-18)24-20(25(30)27-22-6-4-3-5-21(22)26)15-23(29)28(24)17-9-13-19(32-2)14-10-17/h3-14,20,24H,15H2,1-2H3,(H,27,30)/t20-,24+/m1/s1. The first-order chi connectivity index (χ1) is 15.5. The van der Waals surface area contributed by atoms with Crippen LogP contribution in [-0.2, 0) is 9.59 Å². The Bertz CT molecular complexity index is 1120. The van der Waals surface area contributed by atoms with Gasteiger partial charge in [-0.3, -0.25) is 9.59 Å². The van der Waals surface area contributed by atoms with E-state index < -0.39 is 23.7 Å². The van der Waals surface area contributed by atoms with Gasteiger partial charge in [-0.15, -0.1) is 0 Å². The van der Waals surface area contributed by atoms with Crippen LogP contribution < -0.4 is 19.7 Å². The van der Waals surface area contributed by atoms with E-state index in [1.807, 2.05) is 12.1 Å². The minimum Gasteiger partial charge on any atom is -0.497 e. The Hall–Kier alpha value is -3.87. The molecule has 1 fully saturated rings. The maximum absolute atomic E-state index is 14.1. The van der Waals surface area contributed by atoms with Crippen LogP contribution in [0, 0.1) is 11.7 Å². The molecule has 0 radical (unpaired) electrons. The molecule has 4 rings (SSSR count). The van der Waals surface area contributed by atoms with Gasteiger partial charge in [0, 0.05) is 12.1 Å². The van der Waals surface area contributed by atoms with Crippen LogP contribution in [0.2, 0.25) is 0 Å². The zero-order chi connectivity index (χ0) is 22.7. The lowest BCUT2D eigenvalue weighted by Gasteiger charge is -2.28. The van der Waals surface area contributed by atoms with Crippen molar-refractivity contribution in [1.82, 2.24) is 0 Å². The molecule has 2 atom stereocenters. The van der Waals surface area contributed by atoms with Gasteiger partial charge in [0.15, 0.2) is 0 Å². The summed E-state index contributed by atoms with van der Waals surface area (Å²) in [6.45, 7) is 0. The Morgan fingerprint density at radius 2 is 1.53 bits per heavy atom. The minimum absolute atomic E-state index is 0.00299. The molecule has 164 valence electrons. The predicted octanol–water partition coefficient (Wildman–Crippen LogP) is 4.58. The lowest BCUT2D eigenvalue weighted by atomic mass is 9.92. The minimum atomic E-state index is -0.711. The maximum atomic E-state index is 14.1. The zero-order valence-electron chi connectivity index (χ0n) is 17.7. The Morgan fingerprint density at radius 3 is 2.12 bits per heavy atom. The summed E-state index contributed by atoms with van der Waals surface area (Å²) in [6, 6.07) is 19.7. The third-order valence-electron chi connectivity index (χ3n) is 5.60. The first-order valence-corrected chi connectivity index (χ1v) is 10.2. The number of anilines is 2. The highest BCUT2D eigenvalue weighted by molar-refractivity contribution is 6.04. The van der Waals surface area contributed by atoms with Crippen LogP contribution in [0.1, 0.15) is 18.0 Å². The van der Waals surface area contributed by atoms with Gasteiger partial charge in [-0.05, 0) is 54.1 Å². The topological polar surface area (TPSA) is 67.9 Å². The first-order valence-electron chi connectivity index (χ1n) is 10.2. The second-order valence-electron chi connectivity index (χ2n) is 7.46. The molecule has 7 heteroatoms. The summed E-state index contributed by atoms with van der Waals surface area (Å²) in [5.74, 6) is -0.516. The Morgan fingerprint density at radius 1 is 0.938 bits per heavy atom. The quantitative estimate of drug-likeness (QED) is 0.617.